The lowest BCUT2D eigenvalue weighted by atomic mass is 9.69. The first-order valence-corrected chi connectivity index (χ1v) is 11.0. The van der Waals surface area contributed by atoms with E-state index in [1.807, 2.05) is 35.6 Å². The second-order valence-corrected chi connectivity index (χ2v) is 9.41. The lowest BCUT2D eigenvalue weighted by Gasteiger charge is -2.36. The summed E-state index contributed by atoms with van der Waals surface area (Å²) in [6, 6.07) is 7.80. The van der Waals surface area contributed by atoms with Crippen molar-refractivity contribution >= 4 is 33.6 Å². The van der Waals surface area contributed by atoms with E-state index in [9.17, 15) is 0 Å². The summed E-state index contributed by atoms with van der Waals surface area (Å²) in [5, 5.41) is 5.58. The number of nitrogens with one attached hydrogen (secondary N) is 1. The van der Waals surface area contributed by atoms with E-state index in [2.05, 4.69) is 41.3 Å². The molecular formula is C23H28N4OS. The third kappa shape index (κ3) is 3.99. The molecule has 1 aromatic carbocycles. The highest BCUT2D eigenvalue weighted by molar-refractivity contribution is 7.19. The van der Waals surface area contributed by atoms with Crippen molar-refractivity contribution in [2.45, 2.75) is 46.5 Å². The molecule has 1 atom stereocenters. The second kappa shape index (κ2) is 8.11. The molecule has 1 aliphatic carbocycles. The molecule has 2 heterocycles. The Labute approximate surface area is 176 Å². The normalized spacial score (nSPS) is 16.9. The summed E-state index contributed by atoms with van der Waals surface area (Å²) in [5.41, 5.74) is 5.93. The van der Waals surface area contributed by atoms with Crippen LogP contribution in [0.1, 0.15) is 49.6 Å². The molecule has 0 unspecified atom stereocenters. The minimum Gasteiger partial charge on any atom is -0.497 e. The van der Waals surface area contributed by atoms with Gasteiger partial charge in [0.1, 0.15) is 16.9 Å². The number of hydrogen-bond acceptors (Lipinski definition) is 6. The predicted octanol–water partition coefficient (Wildman–Crippen LogP) is 5.69. The number of hydrogen-bond donors (Lipinski definition) is 1. The molecule has 0 saturated carbocycles. The molecule has 152 valence electrons. The summed E-state index contributed by atoms with van der Waals surface area (Å²) >= 11 is 1.81. The Kier molecular flexibility index (Phi) is 5.54. The van der Waals surface area contributed by atoms with E-state index in [0.29, 0.717) is 11.3 Å². The van der Waals surface area contributed by atoms with Crippen molar-refractivity contribution in [1.29, 1.82) is 0 Å². The van der Waals surface area contributed by atoms with Crippen LogP contribution in [0.15, 0.2) is 35.7 Å². The van der Waals surface area contributed by atoms with Gasteiger partial charge in [-0.3, -0.25) is 5.43 Å². The Bertz CT molecular complexity index is 1020. The number of thiophene rings is 1. The van der Waals surface area contributed by atoms with Crippen LogP contribution in [0.5, 0.6) is 5.75 Å². The molecular weight excluding hydrogens is 380 g/mol. The van der Waals surface area contributed by atoms with Gasteiger partial charge in [-0.1, -0.05) is 27.2 Å². The minimum atomic E-state index is 0.349. The second-order valence-electron chi connectivity index (χ2n) is 8.33. The third-order valence-corrected chi connectivity index (χ3v) is 7.56. The number of ether oxygens (including phenoxy) is 1. The maximum absolute atomic E-state index is 5.20. The molecule has 0 aliphatic heterocycles. The number of rotatable bonds is 6. The Balaban J connectivity index is 1.60. The zero-order chi connectivity index (χ0) is 20.4. The maximum atomic E-state index is 5.20. The van der Waals surface area contributed by atoms with Crippen molar-refractivity contribution in [2.24, 2.45) is 16.4 Å². The zero-order valence-electron chi connectivity index (χ0n) is 17.5. The Morgan fingerprint density at radius 2 is 2.07 bits per heavy atom. The molecule has 1 aliphatic rings. The summed E-state index contributed by atoms with van der Waals surface area (Å²) in [6.07, 6.45) is 8.12. The molecule has 3 aromatic rings. The number of benzene rings is 1. The predicted molar refractivity (Wildman–Crippen MR) is 121 cm³/mol. The van der Waals surface area contributed by atoms with Crippen molar-refractivity contribution in [1.82, 2.24) is 9.97 Å². The molecule has 0 amide bonds. The van der Waals surface area contributed by atoms with E-state index in [-0.39, 0.29) is 0 Å². The van der Waals surface area contributed by atoms with Gasteiger partial charge in [-0.15, -0.1) is 11.3 Å². The number of aromatic nitrogens is 2. The van der Waals surface area contributed by atoms with Gasteiger partial charge in [0.15, 0.2) is 5.82 Å². The fourth-order valence-electron chi connectivity index (χ4n) is 4.01. The average Bonchev–Trinajstić information content (AvgIpc) is 3.13. The van der Waals surface area contributed by atoms with Crippen molar-refractivity contribution in [3.63, 3.8) is 0 Å². The minimum absolute atomic E-state index is 0.349. The summed E-state index contributed by atoms with van der Waals surface area (Å²) in [6.45, 7) is 7.09. The number of aryl methyl sites for hydroxylation is 1. The summed E-state index contributed by atoms with van der Waals surface area (Å²) < 4.78 is 5.20. The molecule has 5 nitrogen and oxygen atoms in total. The van der Waals surface area contributed by atoms with Crippen LogP contribution in [-0.4, -0.2) is 23.3 Å². The highest BCUT2D eigenvalue weighted by Crippen LogP contribution is 2.45. The monoisotopic (exact) mass is 408 g/mol. The highest BCUT2D eigenvalue weighted by Gasteiger charge is 2.33. The van der Waals surface area contributed by atoms with E-state index in [1.165, 1.54) is 23.3 Å². The standard InChI is InChI=1S/C23H28N4OS/c1-5-23(2,3)16-8-11-19-18(12-16)20-21(24-14-25-22(20)29-19)27-26-13-15-6-9-17(28-4)10-7-15/h6-7,9-10,13-14,16H,5,8,11-12H2,1-4H3,(H,24,25,27)/b26-13-/t16-/m1/s1. The van der Waals surface area contributed by atoms with Crippen LogP contribution >= 0.6 is 11.3 Å². The zero-order valence-corrected chi connectivity index (χ0v) is 18.3. The molecule has 4 rings (SSSR count). The van der Waals surface area contributed by atoms with Gasteiger partial charge < -0.3 is 4.74 Å². The Morgan fingerprint density at radius 3 is 2.79 bits per heavy atom. The molecule has 0 radical (unpaired) electrons. The number of fused-ring (bicyclic) bond motifs is 3. The molecule has 0 saturated heterocycles. The number of methoxy groups -OCH3 is 1. The van der Waals surface area contributed by atoms with Crippen molar-refractivity contribution in [3.05, 3.63) is 46.6 Å². The fraction of sp³-hybridized carbons (Fsp3) is 0.435. The molecule has 29 heavy (non-hydrogen) atoms. The van der Waals surface area contributed by atoms with Crippen molar-refractivity contribution < 1.29 is 4.74 Å². The van der Waals surface area contributed by atoms with E-state index < -0.39 is 0 Å². The lowest BCUT2D eigenvalue weighted by Crippen LogP contribution is -2.28. The van der Waals surface area contributed by atoms with Gasteiger partial charge in [0, 0.05) is 4.88 Å². The van der Waals surface area contributed by atoms with Gasteiger partial charge in [-0.05, 0) is 66.0 Å². The van der Waals surface area contributed by atoms with E-state index >= 15 is 0 Å². The largest absolute Gasteiger partial charge is 0.497 e. The molecule has 0 fully saturated rings. The first-order chi connectivity index (χ1) is 14.0. The third-order valence-electron chi connectivity index (χ3n) is 6.36. The van der Waals surface area contributed by atoms with Crippen LogP contribution in [0.4, 0.5) is 5.82 Å². The molecule has 0 spiro atoms. The SMILES string of the molecule is CCC(C)(C)[C@@H]1CCc2sc3ncnc(N/N=C\c4ccc(OC)cc4)c3c2C1. The summed E-state index contributed by atoms with van der Waals surface area (Å²) in [7, 11) is 1.67. The van der Waals surface area contributed by atoms with Crippen LogP contribution in [0.3, 0.4) is 0 Å². The molecule has 6 heteroatoms. The van der Waals surface area contributed by atoms with Gasteiger partial charge in [0.25, 0.3) is 0 Å². The fourth-order valence-corrected chi connectivity index (χ4v) is 5.19. The molecule has 0 bridgehead atoms. The van der Waals surface area contributed by atoms with Crippen LogP contribution in [-0.2, 0) is 12.8 Å². The van der Waals surface area contributed by atoms with E-state index in [4.69, 9.17) is 4.74 Å². The quantitative estimate of drug-likeness (QED) is 0.421. The topological polar surface area (TPSA) is 59.4 Å². The van der Waals surface area contributed by atoms with Crippen LogP contribution in [0, 0.1) is 11.3 Å². The average molecular weight is 409 g/mol. The Morgan fingerprint density at radius 1 is 1.28 bits per heavy atom. The van der Waals surface area contributed by atoms with E-state index in [0.717, 1.165) is 40.2 Å². The van der Waals surface area contributed by atoms with Crippen molar-refractivity contribution in [3.8, 4) is 5.75 Å². The van der Waals surface area contributed by atoms with Crippen molar-refractivity contribution in [2.75, 3.05) is 12.5 Å². The van der Waals surface area contributed by atoms with Gasteiger partial charge >= 0.3 is 0 Å². The first kappa shape index (κ1) is 19.8. The number of hydrazone groups is 1. The van der Waals surface area contributed by atoms with Gasteiger partial charge in [0.05, 0.1) is 18.7 Å². The molecule has 1 N–H and O–H groups in total. The molecule has 2 aromatic heterocycles. The van der Waals surface area contributed by atoms with Gasteiger partial charge in [0.2, 0.25) is 0 Å². The van der Waals surface area contributed by atoms with Crippen LogP contribution in [0.25, 0.3) is 10.2 Å². The highest BCUT2D eigenvalue weighted by atomic mass is 32.1. The van der Waals surface area contributed by atoms with Gasteiger partial charge in [-0.25, -0.2) is 9.97 Å². The first-order valence-electron chi connectivity index (χ1n) is 10.2. The summed E-state index contributed by atoms with van der Waals surface area (Å²) in [5.74, 6) is 2.32. The summed E-state index contributed by atoms with van der Waals surface area (Å²) in [4.78, 5) is 11.6. The number of nitrogens with zero attached hydrogens (tertiary/aromatic N) is 3. The van der Waals surface area contributed by atoms with Crippen LogP contribution < -0.4 is 10.2 Å². The van der Waals surface area contributed by atoms with E-state index in [1.54, 1.807) is 19.7 Å². The van der Waals surface area contributed by atoms with Crippen LogP contribution in [0.2, 0.25) is 0 Å². The Hall–Kier alpha value is -2.47. The smallest absolute Gasteiger partial charge is 0.158 e. The lowest BCUT2D eigenvalue weighted by molar-refractivity contribution is 0.184. The van der Waals surface area contributed by atoms with Gasteiger partial charge in [-0.2, -0.15) is 5.10 Å². The number of anilines is 1. The maximum Gasteiger partial charge on any atom is 0.158 e.